The fourth-order valence-electron chi connectivity index (χ4n) is 2.44. The second kappa shape index (κ2) is 7.57. The third-order valence-electron chi connectivity index (χ3n) is 3.42. The second-order valence-electron chi connectivity index (χ2n) is 5.50. The summed E-state index contributed by atoms with van der Waals surface area (Å²) in [7, 11) is 0. The molecule has 0 spiro atoms. The van der Waals surface area contributed by atoms with Crippen LogP contribution in [0.4, 0.5) is 0 Å². The molecule has 3 heteroatoms. The highest BCUT2D eigenvalue weighted by atomic mass is 32.2. The molecule has 0 aromatic rings. The Bertz CT molecular complexity index is 181. The maximum absolute atomic E-state index is 9.38. The minimum Gasteiger partial charge on any atom is -0.395 e. The Kier molecular flexibility index (Phi) is 6.78. The Morgan fingerprint density at radius 1 is 1.31 bits per heavy atom. The number of thioether (sulfide) groups is 1. The molecule has 0 bridgehead atoms. The van der Waals surface area contributed by atoms with Gasteiger partial charge < -0.3 is 10.8 Å². The van der Waals surface area contributed by atoms with Crippen molar-refractivity contribution in [2.24, 2.45) is 17.6 Å². The lowest BCUT2D eigenvalue weighted by atomic mass is 10.0. The molecule has 0 radical (unpaired) electrons. The number of aliphatic hydroxyl groups is 1. The highest BCUT2D eigenvalue weighted by Crippen LogP contribution is 2.30. The molecule has 0 saturated heterocycles. The fourth-order valence-corrected chi connectivity index (χ4v) is 3.76. The summed E-state index contributed by atoms with van der Waals surface area (Å²) < 4.78 is 0. The standard InChI is InChI=1S/C13H27NOS/c1-10(2)7-12(14)13(8-15)16-9-11-5-3-4-6-11/h10-13,15H,3-9,14H2,1-2H3. The normalized spacial score (nSPS) is 21.6. The van der Waals surface area contributed by atoms with Crippen molar-refractivity contribution in [3.8, 4) is 0 Å². The summed E-state index contributed by atoms with van der Waals surface area (Å²) in [6, 6.07) is 0.149. The molecule has 2 unspecified atom stereocenters. The molecule has 0 amide bonds. The first kappa shape index (κ1) is 14.3. The predicted octanol–water partition coefficient (Wildman–Crippen LogP) is 2.64. The number of hydrogen-bond donors (Lipinski definition) is 2. The van der Waals surface area contributed by atoms with Gasteiger partial charge >= 0.3 is 0 Å². The Labute approximate surface area is 104 Å². The van der Waals surface area contributed by atoms with E-state index in [1.165, 1.54) is 31.4 Å². The quantitative estimate of drug-likeness (QED) is 0.725. The zero-order valence-electron chi connectivity index (χ0n) is 10.7. The molecule has 0 aromatic heterocycles. The van der Waals surface area contributed by atoms with Crippen molar-refractivity contribution in [1.82, 2.24) is 0 Å². The maximum atomic E-state index is 9.38. The first-order valence-corrected chi connectivity index (χ1v) is 7.66. The van der Waals surface area contributed by atoms with Crippen molar-refractivity contribution in [1.29, 1.82) is 0 Å². The molecule has 2 nitrogen and oxygen atoms in total. The molecule has 0 heterocycles. The second-order valence-corrected chi connectivity index (χ2v) is 6.77. The fraction of sp³-hybridized carbons (Fsp3) is 1.00. The van der Waals surface area contributed by atoms with Crippen molar-refractivity contribution in [2.45, 2.75) is 57.2 Å². The lowest BCUT2D eigenvalue weighted by molar-refractivity contribution is 0.274. The Hall–Kier alpha value is 0.270. The Morgan fingerprint density at radius 2 is 1.94 bits per heavy atom. The van der Waals surface area contributed by atoms with E-state index in [-0.39, 0.29) is 17.9 Å². The monoisotopic (exact) mass is 245 g/mol. The van der Waals surface area contributed by atoms with Crippen LogP contribution in [0.2, 0.25) is 0 Å². The number of nitrogens with two attached hydrogens (primary N) is 1. The summed E-state index contributed by atoms with van der Waals surface area (Å²) in [4.78, 5) is 0. The SMILES string of the molecule is CC(C)CC(N)C(CO)SCC1CCCC1. The first-order valence-electron chi connectivity index (χ1n) is 6.61. The van der Waals surface area contributed by atoms with E-state index in [0.717, 1.165) is 12.3 Å². The van der Waals surface area contributed by atoms with Crippen LogP contribution in [0.15, 0.2) is 0 Å². The van der Waals surface area contributed by atoms with Crippen molar-refractivity contribution in [3.63, 3.8) is 0 Å². The molecule has 1 rings (SSSR count). The van der Waals surface area contributed by atoms with Crippen molar-refractivity contribution in [2.75, 3.05) is 12.4 Å². The van der Waals surface area contributed by atoms with Gasteiger partial charge in [0.15, 0.2) is 0 Å². The minimum absolute atomic E-state index is 0.149. The smallest absolute Gasteiger partial charge is 0.0565 e. The van der Waals surface area contributed by atoms with E-state index in [9.17, 15) is 5.11 Å². The summed E-state index contributed by atoms with van der Waals surface area (Å²) >= 11 is 1.89. The minimum atomic E-state index is 0.149. The van der Waals surface area contributed by atoms with Gasteiger partial charge in [0.1, 0.15) is 0 Å². The van der Waals surface area contributed by atoms with Crippen LogP contribution in [0.3, 0.4) is 0 Å². The summed E-state index contributed by atoms with van der Waals surface area (Å²) in [5, 5.41) is 9.62. The highest BCUT2D eigenvalue weighted by Gasteiger charge is 2.22. The van der Waals surface area contributed by atoms with E-state index in [1.807, 2.05) is 11.8 Å². The Balaban J connectivity index is 2.24. The molecule has 1 aliphatic rings. The molecule has 0 aliphatic heterocycles. The van der Waals surface area contributed by atoms with Crippen molar-refractivity contribution in [3.05, 3.63) is 0 Å². The van der Waals surface area contributed by atoms with Crippen LogP contribution in [-0.2, 0) is 0 Å². The average molecular weight is 245 g/mol. The van der Waals surface area contributed by atoms with E-state index in [4.69, 9.17) is 5.73 Å². The number of rotatable bonds is 7. The molecule has 3 N–H and O–H groups in total. The van der Waals surface area contributed by atoms with Gasteiger partial charge in [-0.05, 0) is 36.9 Å². The van der Waals surface area contributed by atoms with Crippen LogP contribution in [0.1, 0.15) is 46.0 Å². The van der Waals surface area contributed by atoms with E-state index < -0.39 is 0 Å². The predicted molar refractivity (Wildman–Crippen MR) is 72.7 cm³/mol. The maximum Gasteiger partial charge on any atom is 0.0565 e. The molecule has 2 atom stereocenters. The van der Waals surface area contributed by atoms with Crippen LogP contribution in [-0.4, -0.2) is 28.8 Å². The van der Waals surface area contributed by atoms with Gasteiger partial charge in [0.25, 0.3) is 0 Å². The lowest BCUT2D eigenvalue weighted by Crippen LogP contribution is -2.36. The molecule has 1 aliphatic carbocycles. The van der Waals surface area contributed by atoms with Gasteiger partial charge in [-0.25, -0.2) is 0 Å². The van der Waals surface area contributed by atoms with Gasteiger partial charge in [-0.3, -0.25) is 0 Å². The number of hydrogen-bond acceptors (Lipinski definition) is 3. The molecule has 1 fully saturated rings. The number of aliphatic hydroxyl groups excluding tert-OH is 1. The Morgan fingerprint density at radius 3 is 2.44 bits per heavy atom. The molecular weight excluding hydrogens is 218 g/mol. The van der Waals surface area contributed by atoms with Gasteiger partial charge in [-0.2, -0.15) is 11.8 Å². The average Bonchev–Trinajstić information content (AvgIpc) is 2.70. The molecule has 0 aromatic carbocycles. The van der Waals surface area contributed by atoms with Crippen LogP contribution < -0.4 is 5.73 Å². The summed E-state index contributed by atoms with van der Waals surface area (Å²) in [5.41, 5.74) is 6.13. The third-order valence-corrected chi connectivity index (χ3v) is 5.01. The van der Waals surface area contributed by atoms with Gasteiger partial charge in [0.2, 0.25) is 0 Å². The van der Waals surface area contributed by atoms with Gasteiger partial charge in [0.05, 0.1) is 6.61 Å². The first-order chi connectivity index (χ1) is 7.63. The van der Waals surface area contributed by atoms with E-state index in [1.54, 1.807) is 0 Å². The van der Waals surface area contributed by atoms with Crippen molar-refractivity contribution >= 4 is 11.8 Å². The zero-order chi connectivity index (χ0) is 12.0. The third kappa shape index (κ3) is 5.07. The highest BCUT2D eigenvalue weighted by molar-refractivity contribution is 8.00. The summed E-state index contributed by atoms with van der Waals surface area (Å²) in [6.45, 7) is 4.61. The van der Waals surface area contributed by atoms with Crippen LogP contribution in [0, 0.1) is 11.8 Å². The van der Waals surface area contributed by atoms with Crippen LogP contribution in [0.5, 0.6) is 0 Å². The van der Waals surface area contributed by atoms with Crippen LogP contribution in [0.25, 0.3) is 0 Å². The molecule has 16 heavy (non-hydrogen) atoms. The van der Waals surface area contributed by atoms with Crippen LogP contribution >= 0.6 is 11.8 Å². The van der Waals surface area contributed by atoms with Gasteiger partial charge in [-0.1, -0.05) is 26.7 Å². The van der Waals surface area contributed by atoms with Gasteiger partial charge in [-0.15, -0.1) is 0 Å². The van der Waals surface area contributed by atoms with E-state index >= 15 is 0 Å². The largest absolute Gasteiger partial charge is 0.395 e. The molecular formula is C13H27NOS. The van der Waals surface area contributed by atoms with E-state index in [0.29, 0.717) is 5.92 Å². The van der Waals surface area contributed by atoms with E-state index in [2.05, 4.69) is 13.8 Å². The summed E-state index contributed by atoms with van der Waals surface area (Å²) in [5.74, 6) is 2.69. The molecule has 96 valence electrons. The zero-order valence-corrected chi connectivity index (χ0v) is 11.5. The summed E-state index contributed by atoms with van der Waals surface area (Å²) in [6.07, 6.45) is 6.57. The van der Waals surface area contributed by atoms with Crippen molar-refractivity contribution < 1.29 is 5.11 Å². The topological polar surface area (TPSA) is 46.2 Å². The molecule has 1 saturated carbocycles. The lowest BCUT2D eigenvalue weighted by Gasteiger charge is -2.24. The van der Waals surface area contributed by atoms with Gasteiger partial charge in [0, 0.05) is 11.3 Å².